The summed E-state index contributed by atoms with van der Waals surface area (Å²) in [7, 11) is 0. The first-order valence-corrected chi connectivity index (χ1v) is 5.04. The van der Waals surface area contributed by atoms with Gasteiger partial charge in [-0.15, -0.1) is 11.3 Å². The molecule has 3 N–H and O–H groups in total. The lowest BCUT2D eigenvalue weighted by Crippen LogP contribution is -2.09. The molecule has 0 saturated carbocycles. The molecule has 0 bridgehead atoms. The maximum atomic E-state index is 8.69. The number of thiophene rings is 1. The van der Waals surface area contributed by atoms with Gasteiger partial charge in [0.1, 0.15) is 0 Å². The molecule has 1 aromatic heterocycles. The van der Waals surface area contributed by atoms with Gasteiger partial charge < -0.3 is 10.8 Å². The zero-order valence-corrected chi connectivity index (χ0v) is 8.10. The van der Waals surface area contributed by atoms with Gasteiger partial charge in [-0.25, -0.2) is 0 Å². The van der Waals surface area contributed by atoms with E-state index in [2.05, 4.69) is 19.1 Å². The van der Waals surface area contributed by atoms with Crippen LogP contribution in [0.3, 0.4) is 0 Å². The Labute approximate surface area is 77.0 Å². The summed E-state index contributed by atoms with van der Waals surface area (Å²) in [5.74, 6) is 0. The molecule has 0 saturated heterocycles. The minimum atomic E-state index is 0.0142. The van der Waals surface area contributed by atoms with Crippen LogP contribution in [0.1, 0.15) is 29.1 Å². The van der Waals surface area contributed by atoms with Crippen LogP contribution in [0, 0.1) is 0 Å². The molecular weight excluding hydrogens is 170 g/mol. The number of hydrogen-bond donors (Lipinski definition) is 2. The van der Waals surface area contributed by atoms with E-state index in [1.807, 2.05) is 0 Å². The highest BCUT2D eigenvalue weighted by Crippen LogP contribution is 2.23. The Balaban J connectivity index is 2.61. The minimum absolute atomic E-state index is 0.0142. The lowest BCUT2D eigenvalue weighted by Gasteiger charge is -2.05. The predicted octanol–water partition coefficient (Wildman–Crippen LogP) is 1.69. The second-order valence-corrected chi connectivity index (χ2v) is 3.98. The highest BCUT2D eigenvalue weighted by Gasteiger charge is 2.07. The van der Waals surface area contributed by atoms with E-state index in [-0.39, 0.29) is 12.6 Å². The van der Waals surface area contributed by atoms with E-state index in [0.717, 1.165) is 6.42 Å². The van der Waals surface area contributed by atoms with Crippen LogP contribution in [0.4, 0.5) is 0 Å². The minimum Gasteiger partial charge on any atom is -0.396 e. The van der Waals surface area contributed by atoms with Crippen molar-refractivity contribution in [1.29, 1.82) is 0 Å². The normalized spacial score (nSPS) is 13.2. The quantitative estimate of drug-likeness (QED) is 0.750. The Morgan fingerprint density at radius 2 is 2.33 bits per heavy atom. The highest BCUT2D eigenvalue weighted by atomic mass is 32.1. The Morgan fingerprint density at radius 3 is 2.83 bits per heavy atom. The molecule has 0 amide bonds. The molecule has 3 heteroatoms. The standard InChI is InChI=1S/C9H15NOS/c1-2-7-3-4-9(12-7)8(10)5-6-11/h3-4,8,11H,2,5-6,10H2,1H3. The first-order chi connectivity index (χ1) is 5.77. The second-order valence-electron chi connectivity index (χ2n) is 2.78. The van der Waals surface area contributed by atoms with E-state index in [4.69, 9.17) is 10.8 Å². The highest BCUT2D eigenvalue weighted by molar-refractivity contribution is 7.12. The maximum Gasteiger partial charge on any atom is 0.0449 e. The molecule has 0 fully saturated rings. The smallest absolute Gasteiger partial charge is 0.0449 e. The van der Waals surface area contributed by atoms with Crippen LogP contribution in [0.2, 0.25) is 0 Å². The molecule has 0 aliphatic heterocycles. The third-order valence-corrected chi connectivity index (χ3v) is 3.20. The SMILES string of the molecule is CCc1ccc(C(N)CCO)s1. The molecule has 2 nitrogen and oxygen atoms in total. The number of hydrogen-bond acceptors (Lipinski definition) is 3. The van der Waals surface area contributed by atoms with Crippen molar-refractivity contribution in [2.24, 2.45) is 5.73 Å². The number of rotatable bonds is 4. The summed E-state index contributed by atoms with van der Waals surface area (Å²) in [6.45, 7) is 2.30. The summed E-state index contributed by atoms with van der Waals surface area (Å²) in [5.41, 5.74) is 5.82. The number of aliphatic hydroxyl groups is 1. The molecule has 0 aliphatic carbocycles. The largest absolute Gasteiger partial charge is 0.396 e. The molecule has 0 aliphatic rings. The topological polar surface area (TPSA) is 46.2 Å². The van der Waals surface area contributed by atoms with Crippen molar-refractivity contribution in [3.63, 3.8) is 0 Å². The average Bonchev–Trinajstić information content (AvgIpc) is 2.52. The first-order valence-electron chi connectivity index (χ1n) is 4.23. The predicted molar refractivity (Wildman–Crippen MR) is 52.3 cm³/mol. The van der Waals surface area contributed by atoms with E-state index in [9.17, 15) is 0 Å². The number of aryl methyl sites for hydroxylation is 1. The third-order valence-electron chi connectivity index (χ3n) is 1.84. The zero-order chi connectivity index (χ0) is 8.97. The van der Waals surface area contributed by atoms with Crippen LogP contribution in [0.25, 0.3) is 0 Å². The first kappa shape index (κ1) is 9.71. The molecule has 1 heterocycles. The second kappa shape index (κ2) is 4.60. The van der Waals surface area contributed by atoms with Crippen LogP contribution in [-0.2, 0) is 6.42 Å². The van der Waals surface area contributed by atoms with Crippen LogP contribution >= 0.6 is 11.3 Å². The van der Waals surface area contributed by atoms with Gasteiger partial charge in [-0.2, -0.15) is 0 Å². The summed E-state index contributed by atoms with van der Waals surface area (Å²) in [4.78, 5) is 2.54. The fraction of sp³-hybridized carbons (Fsp3) is 0.556. The van der Waals surface area contributed by atoms with Gasteiger partial charge in [0, 0.05) is 22.4 Å². The van der Waals surface area contributed by atoms with Gasteiger partial charge in [0.05, 0.1) is 0 Å². The van der Waals surface area contributed by atoms with E-state index in [1.54, 1.807) is 11.3 Å². The summed E-state index contributed by atoms with van der Waals surface area (Å²) in [6.07, 6.45) is 1.72. The van der Waals surface area contributed by atoms with Gasteiger partial charge in [-0.1, -0.05) is 6.92 Å². The van der Waals surface area contributed by atoms with E-state index < -0.39 is 0 Å². The zero-order valence-electron chi connectivity index (χ0n) is 7.29. The molecule has 1 aromatic rings. The third kappa shape index (κ3) is 2.30. The average molecular weight is 185 g/mol. The lowest BCUT2D eigenvalue weighted by atomic mass is 10.2. The summed E-state index contributed by atoms with van der Waals surface area (Å²) in [5, 5.41) is 8.69. The Bertz CT molecular complexity index is 234. The summed E-state index contributed by atoms with van der Waals surface area (Å²) < 4.78 is 0. The number of nitrogens with two attached hydrogens (primary N) is 1. The van der Waals surface area contributed by atoms with Crippen molar-refractivity contribution < 1.29 is 5.11 Å². The fourth-order valence-electron chi connectivity index (χ4n) is 1.07. The summed E-state index contributed by atoms with van der Waals surface area (Å²) in [6, 6.07) is 4.18. The van der Waals surface area contributed by atoms with Gasteiger partial charge in [0.25, 0.3) is 0 Å². The van der Waals surface area contributed by atoms with Gasteiger partial charge in [0.2, 0.25) is 0 Å². The molecule has 12 heavy (non-hydrogen) atoms. The van der Waals surface area contributed by atoms with Crippen molar-refractivity contribution in [1.82, 2.24) is 0 Å². The van der Waals surface area contributed by atoms with Crippen molar-refractivity contribution in [3.8, 4) is 0 Å². The Kier molecular flexibility index (Phi) is 3.72. The van der Waals surface area contributed by atoms with Gasteiger partial charge in [0.15, 0.2) is 0 Å². The van der Waals surface area contributed by atoms with Crippen LogP contribution in [-0.4, -0.2) is 11.7 Å². The van der Waals surface area contributed by atoms with Crippen molar-refractivity contribution in [3.05, 3.63) is 21.9 Å². The van der Waals surface area contributed by atoms with Gasteiger partial charge in [-0.3, -0.25) is 0 Å². The fourth-order valence-corrected chi connectivity index (χ4v) is 2.05. The van der Waals surface area contributed by atoms with E-state index >= 15 is 0 Å². The van der Waals surface area contributed by atoms with Gasteiger partial charge >= 0.3 is 0 Å². The van der Waals surface area contributed by atoms with Crippen molar-refractivity contribution in [2.75, 3.05) is 6.61 Å². The Hall–Kier alpha value is -0.380. The van der Waals surface area contributed by atoms with Crippen LogP contribution in [0.15, 0.2) is 12.1 Å². The summed E-state index contributed by atoms with van der Waals surface area (Å²) >= 11 is 1.74. The molecule has 1 atom stereocenters. The molecule has 0 radical (unpaired) electrons. The molecule has 68 valence electrons. The van der Waals surface area contributed by atoms with Crippen molar-refractivity contribution in [2.45, 2.75) is 25.8 Å². The van der Waals surface area contributed by atoms with Crippen molar-refractivity contribution >= 4 is 11.3 Å². The molecule has 1 rings (SSSR count). The number of aliphatic hydroxyl groups excluding tert-OH is 1. The van der Waals surface area contributed by atoms with Crippen LogP contribution < -0.4 is 5.73 Å². The molecular formula is C9H15NOS. The monoisotopic (exact) mass is 185 g/mol. The van der Waals surface area contributed by atoms with E-state index in [1.165, 1.54) is 9.75 Å². The molecule has 0 aromatic carbocycles. The lowest BCUT2D eigenvalue weighted by molar-refractivity contribution is 0.277. The maximum absolute atomic E-state index is 8.69. The van der Waals surface area contributed by atoms with Gasteiger partial charge in [-0.05, 0) is 25.0 Å². The Morgan fingerprint density at radius 1 is 1.58 bits per heavy atom. The molecule has 0 spiro atoms. The van der Waals surface area contributed by atoms with Crippen LogP contribution in [0.5, 0.6) is 0 Å². The van der Waals surface area contributed by atoms with E-state index in [0.29, 0.717) is 6.42 Å². The molecule has 1 unspecified atom stereocenters.